The summed E-state index contributed by atoms with van der Waals surface area (Å²) < 4.78 is 47.6. The van der Waals surface area contributed by atoms with Crippen LogP contribution in [0.4, 0.5) is 13.2 Å². The van der Waals surface area contributed by atoms with E-state index < -0.39 is 204 Å². The molecule has 111 heavy (non-hydrogen) atoms. The minimum atomic E-state index is -4.75. The van der Waals surface area contributed by atoms with Crippen LogP contribution in [-0.4, -0.2) is 285 Å². The number of ether oxygens (including phenoxy) is 1. The molecule has 608 valence electrons. The molecular formula is C78H108F3N13O17. The quantitative estimate of drug-likeness (QED) is 0.227. The highest BCUT2D eigenvalue weighted by atomic mass is 19.4. The number of likely N-dealkylation sites (N-methyl/N-ethyl adjacent to an activating group) is 5. The smallest absolute Gasteiger partial charge is 0.378 e. The summed E-state index contributed by atoms with van der Waals surface area (Å²) in [7, 11) is 6.83. The third-order valence-electron chi connectivity index (χ3n) is 23.3. The number of amides is 14. The van der Waals surface area contributed by atoms with Gasteiger partial charge in [0.15, 0.2) is 0 Å². The lowest BCUT2D eigenvalue weighted by Gasteiger charge is -2.46. The first-order valence-corrected chi connectivity index (χ1v) is 38.9. The number of nitrogens with one attached hydrogen (secondary N) is 3. The van der Waals surface area contributed by atoms with Gasteiger partial charge in [-0.2, -0.15) is 13.2 Å². The van der Waals surface area contributed by atoms with Gasteiger partial charge in [0.1, 0.15) is 59.9 Å². The third kappa shape index (κ3) is 19.2. The number of benzene rings is 2. The van der Waals surface area contributed by atoms with E-state index in [-0.39, 0.29) is 119 Å². The molecule has 0 bridgehead atoms. The number of hydroxylamine groups is 2. The highest BCUT2D eigenvalue weighted by Gasteiger charge is 2.53. The number of hydrogen-bond acceptors (Lipinski definition) is 17. The van der Waals surface area contributed by atoms with Crippen LogP contribution in [0.3, 0.4) is 0 Å². The molecular weight excluding hydrogens is 1450 g/mol. The van der Waals surface area contributed by atoms with E-state index in [2.05, 4.69) is 16.0 Å². The molecule has 4 saturated heterocycles. The molecule has 10 atom stereocenters. The summed E-state index contributed by atoms with van der Waals surface area (Å²) in [6.45, 7) is 9.77. The average Bonchev–Trinajstić information content (AvgIpc) is 1.65. The SMILES string of the molecule is CCCN1C(=O)[C@@H]2CCN2C(=O)[C@H](C)N(C)C(=O)[C@H]([C@@H](C)CC)NC(=O)[C@H](CC(C)C)N(C)C(=O)C[C@@H](C(=O)N2CCOCC2)N(C)C(=O)[C@H](C2CCCC2)N(C)C(=O)C2(CCCC2)NC(=O)[C@@H]2CCCN2C(=O)[C@H](CCC(=O)ON2C(=O)c3ccccc3C2=O)NC(=O)CN(C)C(=O)[C@@H]1Cc1ccc(C(F)(F)F)cc1. The van der Waals surface area contributed by atoms with Crippen molar-refractivity contribution in [1.29, 1.82) is 0 Å². The zero-order valence-corrected chi connectivity index (χ0v) is 65.5. The minimum absolute atomic E-state index is 0.00656. The highest BCUT2D eigenvalue weighted by Crippen LogP contribution is 2.38. The maximum atomic E-state index is 15.8. The van der Waals surface area contributed by atoms with E-state index in [1.807, 2.05) is 13.8 Å². The van der Waals surface area contributed by atoms with Gasteiger partial charge in [-0.05, 0) is 119 Å². The second-order valence-corrected chi connectivity index (χ2v) is 31.2. The van der Waals surface area contributed by atoms with E-state index in [9.17, 15) is 37.1 Å². The molecule has 5 heterocycles. The maximum Gasteiger partial charge on any atom is 0.416 e. The van der Waals surface area contributed by atoms with E-state index in [0.717, 1.165) is 34.1 Å². The van der Waals surface area contributed by atoms with Crippen molar-refractivity contribution < 1.29 is 94.7 Å². The van der Waals surface area contributed by atoms with Gasteiger partial charge < -0.3 is 69.6 Å². The van der Waals surface area contributed by atoms with Crippen molar-refractivity contribution in [3.63, 3.8) is 0 Å². The molecule has 33 heteroatoms. The molecule has 14 amide bonds. The Balaban J connectivity index is 1.10. The van der Waals surface area contributed by atoms with Crippen LogP contribution in [0.25, 0.3) is 0 Å². The number of nitrogens with zero attached hydrogens (tertiary/aromatic N) is 10. The fourth-order valence-corrected chi connectivity index (χ4v) is 16.3. The van der Waals surface area contributed by atoms with Gasteiger partial charge in [0.05, 0.1) is 49.3 Å². The van der Waals surface area contributed by atoms with Crippen molar-refractivity contribution in [2.75, 3.05) is 87.7 Å². The third-order valence-corrected chi connectivity index (χ3v) is 23.3. The molecule has 0 radical (unpaired) electrons. The number of rotatable bonds is 14. The normalized spacial score (nSPS) is 26.5. The molecule has 5 aliphatic heterocycles. The Morgan fingerprint density at radius 3 is 1.85 bits per heavy atom. The molecule has 30 nitrogen and oxygen atoms in total. The summed E-state index contributed by atoms with van der Waals surface area (Å²) in [5.41, 5.74) is -2.60. The summed E-state index contributed by atoms with van der Waals surface area (Å²) in [6, 6.07) is -2.88. The van der Waals surface area contributed by atoms with Crippen LogP contribution in [0.2, 0.25) is 0 Å². The van der Waals surface area contributed by atoms with Gasteiger partial charge in [-0.15, -0.1) is 0 Å². The first-order chi connectivity index (χ1) is 52.5. The van der Waals surface area contributed by atoms with Crippen molar-refractivity contribution in [2.45, 2.75) is 223 Å². The lowest BCUT2D eigenvalue weighted by Crippen LogP contribution is -2.65. The van der Waals surface area contributed by atoms with Crippen LogP contribution in [0, 0.1) is 17.8 Å². The van der Waals surface area contributed by atoms with Crippen LogP contribution in [0.15, 0.2) is 48.5 Å². The Kier molecular flexibility index (Phi) is 28.3. The van der Waals surface area contributed by atoms with Crippen LogP contribution in [0.1, 0.15) is 183 Å². The summed E-state index contributed by atoms with van der Waals surface area (Å²) in [6.07, 6.45) is -2.74. The topological polar surface area (TPSA) is 343 Å². The fourth-order valence-electron chi connectivity index (χ4n) is 16.3. The number of fused-ring (bicyclic) bond motifs is 3. The number of carbonyl (C=O) groups excluding carboxylic acids is 15. The van der Waals surface area contributed by atoms with E-state index >= 15 is 47.9 Å². The Bertz CT molecular complexity index is 3810. The monoisotopic (exact) mass is 1560 g/mol. The Morgan fingerprint density at radius 1 is 0.649 bits per heavy atom. The zero-order valence-electron chi connectivity index (χ0n) is 65.5. The van der Waals surface area contributed by atoms with Gasteiger partial charge in [0.25, 0.3) is 11.8 Å². The van der Waals surface area contributed by atoms with Gasteiger partial charge in [0, 0.05) is 74.4 Å². The highest BCUT2D eigenvalue weighted by molar-refractivity contribution is 6.21. The number of alkyl halides is 3. The minimum Gasteiger partial charge on any atom is -0.378 e. The fraction of sp³-hybridized carbons (Fsp3) is 0.654. The number of carbonyl (C=O) groups is 15. The van der Waals surface area contributed by atoms with E-state index in [4.69, 9.17) is 9.57 Å². The molecule has 2 aromatic carbocycles. The molecule has 0 unspecified atom stereocenters. The maximum absolute atomic E-state index is 15.8. The second kappa shape index (κ2) is 36.7. The first kappa shape index (κ1) is 85.4. The van der Waals surface area contributed by atoms with Crippen LogP contribution < -0.4 is 16.0 Å². The number of halogens is 3. The van der Waals surface area contributed by atoms with Crippen LogP contribution in [0.5, 0.6) is 0 Å². The summed E-state index contributed by atoms with van der Waals surface area (Å²) in [5.74, 6) is -13.5. The van der Waals surface area contributed by atoms with Crippen LogP contribution >= 0.6 is 0 Å². The Hall–Kier alpha value is -9.56. The summed E-state index contributed by atoms with van der Waals surface area (Å²) in [4.78, 5) is 239. The van der Waals surface area contributed by atoms with Gasteiger partial charge in [0.2, 0.25) is 70.9 Å². The molecule has 1 spiro atoms. The van der Waals surface area contributed by atoms with Gasteiger partial charge in [-0.1, -0.05) is 96.1 Å². The first-order valence-electron chi connectivity index (χ1n) is 38.9. The lowest BCUT2D eigenvalue weighted by molar-refractivity contribution is -0.169. The van der Waals surface area contributed by atoms with Gasteiger partial charge in [-0.25, -0.2) is 4.79 Å². The van der Waals surface area contributed by atoms with Gasteiger partial charge >= 0.3 is 12.1 Å². The standard InChI is InChI=1S/C78H108F3N13O17/c1-12-35-91-59(43-49-26-28-51(29-27-49)78(79,80)81)71(104)85(7)45-60(95)82-54(30-31-62(97)111-94-68(101)52-23-16-17-24-53(52)69(94)102)70(103)92-36-20-25-55(92)66(99)84-77(33-18-19-34-77)76(109)89(11)64(50-21-14-15-22-50)75(108)88(10)58(72(105)90-38-40-110-41-39-90)44-61(96)87(9)57(42-46(3)4)65(98)83-63(47(5)13-2)74(107)86(8)48(6)67(100)93-37-32-56(93)73(91)106/h16-17,23-24,26-29,46-48,50,54-59,63-64H,12-15,18-22,25,30-45H2,1-11H3,(H,82,95)(H,83,98)(H,84,99)/t47-,48-,54-,55-,56-,57-,58-,59-,63-,64-/m0/s1. The molecule has 0 aromatic heterocycles. The van der Waals surface area contributed by atoms with Crippen molar-refractivity contribution in [1.82, 2.24) is 65.1 Å². The summed E-state index contributed by atoms with van der Waals surface area (Å²) >= 11 is 0. The molecule has 2 aliphatic carbocycles. The largest absolute Gasteiger partial charge is 0.416 e. The zero-order chi connectivity index (χ0) is 81.2. The number of hydrogen-bond donors (Lipinski definition) is 3. The van der Waals surface area contributed by atoms with Crippen molar-refractivity contribution in [3.8, 4) is 0 Å². The lowest BCUT2D eigenvalue weighted by atomic mass is 9.90. The molecule has 6 fully saturated rings. The molecule has 7 aliphatic rings. The van der Waals surface area contributed by atoms with E-state index in [1.165, 1.54) is 101 Å². The van der Waals surface area contributed by atoms with Crippen molar-refractivity contribution in [3.05, 3.63) is 70.8 Å². The van der Waals surface area contributed by atoms with Crippen molar-refractivity contribution >= 4 is 88.7 Å². The predicted molar refractivity (Wildman–Crippen MR) is 394 cm³/mol. The molecule has 3 N–H and O–H groups in total. The number of morpholine rings is 1. The van der Waals surface area contributed by atoms with E-state index in [1.54, 1.807) is 20.8 Å². The van der Waals surface area contributed by atoms with Crippen molar-refractivity contribution in [2.24, 2.45) is 17.8 Å². The molecule has 2 aromatic rings. The molecule has 2 saturated carbocycles. The van der Waals surface area contributed by atoms with Crippen LogP contribution in [-0.2, 0) is 84.5 Å². The molecule has 9 rings (SSSR count). The Labute approximate surface area is 645 Å². The predicted octanol–water partition coefficient (Wildman–Crippen LogP) is 3.71. The average molecular weight is 1560 g/mol. The Morgan fingerprint density at radius 2 is 1.27 bits per heavy atom. The second-order valence-electron chi connectivity index (χ2n) is 31.2. The van der Waals surface area contributed by atoms with E-state index in [0.29, 0.717) is 44.9 Å². The summed E-state index contributed by atoms with van der Waals surface area (Å²) in [5, 5.41) is 8.79. The number of imide groups is 1. The van der Waals surface area contributed by atoms with Gasteiger partial charge in [-0.3, -0.25) is 67.1 Å².